The maximum absolute atomic E-state index is 7.50. The normalized spacial score (nSPS) is 24.5. The predicted octanol–water partition coefficient (Wildman–Crippen LogP) is 13.4. The second kappa shape index (κ2) is 24.8. The van der Waals surface area contributed by atoms with Crippen LogP contribution in [0.25, 0.3) is 0 Å². The molecule has 1 heterocycles. The van der Waals surface area contributed by atoms with Crippen LogP contribution in [0.1, 0.15) is 193 Å². The minimum absolute atomic E-state index is 0.385. The Kier molecular flexibility index (Phi) is 21.3. The summed E-state index contributed by atoms with van der Waals surface area (Å²) in [5.41, 5.74) is 7.14. The molecule has 273 valence electrons. The zero-order valence-corrected chi connectivity index (χ0v) is 34.7. The van der Waals surface area contributed by atoms with Gasteiger partial charge in [0, 0.05) is 0 Å². The van der Waals surface area contributed by atoms with Crippen LogP contribution < -0.4 is 4.29 Å². The molecule has 0 bridgehead atoms. The summed E-state index contributed by atoms with van der Waals surface area (Å²) in [5.74, 6) is 0. The van der Waals surface area contributed by atoms with Crippen LogP contribution in [0.2, 0.25) is 5.02 Å². The monoisotopic (exact) mass is 802 g/mol. The van der Waals surface area contributed by atoms with Crippen molar-refractivity contribution in [3.05, 3.63) is 23.4 Å². The Hall–Kier alpha value is 0.593. The summed E-state index contributed by atoms with van der Waals surface area (Å²) >= 11 is 7.97. The van der Waals surface area contributed by atoms with E-state index in [0.29, 0.717) is 15.8 Å². The van der Waals surface area contributed by atoms with E-state index < -0.39 is 0 Å². The van der Waals surface area contributed by atoms with Gasteiger partial charge in [0.15, 0.2) is 0 Å². The van der Waals surface area contributed by atoms with E-state index in [4.69, 9.17) is 16.4 Å². The second-order valence-electron chi connectivity index (χ2n) is 15.9. The first-order chi connectivity index (χ1) is 23.7. The van der Waals surface area contributed by atoms with Gasteiger partial charge in [-0.3, -0.25) is 4.79 Å². The van der Waals surface area contributed by atoms with E-state index in [9.17, 15) is 0 Å². The molecule has 0 amide bonds. The molecule has 0 aromatic carbocycles. The van der Waals surface area contributed by atoms with E-state index in [1.165, 1.54) is 72.5 Å². The zero-order chi connectivity index (χ0) is 33.8. The van der Waals surface area contributed by atoms with Gasteiger partial charge in [-0.15, -0.1) is 0 Å². The Morgan fingerprint density at radius 3 is 0.875 bits per heavy atom. The number of hydrogen-bond donors (Lipinski definition) is 0. The Labute approximate surface area is 314 Å². The molecule has 0 atom stereocenters. The van der Waals surface area contributed by atoms with Crippen LogP contribution >= 0.6 is 27.4 Å². The van der Waals surface area contributed by atoms with E-state index in [2.05, 4.69) is 30.1 Å². The van der Waals surface area contributed by atoms with Crippen molar-refractivity contribution in [3.8, 4) is 0 Å². The number of halogens is 1. The third-order valence-electron chi connectivity index (χ3n) is 12.7. The van der Waals surface area contributed by atoms with Crippen LogP contribution in [0.4, 0.5) is 0 Å². The molecule has 6 aliphatic rings. The first-order valence-electron chi connectivity index (χ1n) is 20.7. The molecule has 2 nitrogen and oxygen atoms in total. The molecule has 1 aromatic heterocycles. The number of hydrogen-bond acceptors (Lipinski definition) is 2. The van der Waals surface area contributed by atoms with Gasteiger partial charge in [0.05, 0.1) is 0 Å². The van der Waals surface area contributed by atoms with Crippen molar-refractivity contribution in [2.45, 2.75) is 227 Å². The summed E-state index contributed by atoms with van der Waals surface area (Å²) in [5, 5.41) is 0.730. The van der Waals surface area contributed by atoms with Crippen LogP contribution in [0, 0.1) is 0 Å². The smallest absolute Gasteiger partial charge is 0.281 e. The maximum Gasteiger partial charge on any atom is 0.281 e. The molecule has 6 fully saturated rings. The zero-order valence-electron chi connectivity index (χ0n) is 30.4. The molecule has 6 aliphatic carbocycles. The molecule has 6 saturated carbocycles. The molecule has 0 unspecified atom stereocenters. The molecule has 0 aliphatic heterocycles. The predicted molar refractivity (Wildman–Crippen MR) is 210 cm³/mol. The quantitative estimate of drug-likeness (QED) is 0.212. The molecular formula is C42H69ClNOP2Ru. The van der Waals surface area contributed by atoms with Gasteiger partial charge in [-0.2, -0.15) is 0 Å². The fraction of sp³-hybridized carbons (Fsp3) is 0.857. The number of aromatic nitrogens is 1. The Balaban J connectivity index is 0.000000170. The third-order valence-corrected chi connectivity index (χ3v) is 21.5. The van der Waals surface area contributed by atoms with Crippen LogP contribution in [-0.4, -0.2) is 45.7 Å². The van der Waals surface area contributed by atoms with Crippen LogP contribution in [0.15, 0.2) is 18.3 Å². The van der Waals surface area contributed by atoms with Gasteiger partial charge in [-0.05, 0) is 111 Å². The van der Waals surface area contributed by atoms with E-state index in [1.54, 1.807) is 172 Å². The Morgan fingerprint density at radius 1 is 0.479 bits per heavy atom. The van der Waals surface area contributed by atoms with Gasteiger partial charge in [0.1, 0.15) is 0 Å². The Bertz CT molecular complexity index is 792. The third kappa shape index (κ3) is 14.2. The average Bonchev–Trinajstić information content (AvgIpc) is 3.16. The number of pyridine rings is 1. The first kappa shape index (κ1) is 41.4. The van der Waals surface area contributed by atoms with Gasteiger partial charge in [0.25, 0.3) is 6.79 Å². The maximum atomic E-state index is 7.50. The number of nitrogens with zero attached hydrogens (tertiary/aromatic N) is 1. The van der Waals surface area contributed by atoms with Crippen molar-refractivity contribution in [1.29, 1.82) is 0 Å². The molecular weight excluding hydrogens is 733 g/mol. The van der Waals surface area contributed by atoms with Crippen molar-refractivity contribution >= 4 is 38.5 Å². The summed E-state index contributed by atoms with van der Waals surface area (Å²) in [6.07, 6.45) is 48.9. The van der Waals surface area contributed by atoms with E-state index in [1.807, 2.05) is 0 Å². The van der Waals surface area contributed by atoms with Crippen LogP contribution in [-0.2, 0) is 23.1 Å². The summed E-state index contributed by atoms with van der Waals surface area (Å²) < 4.78 is 0.886. The fourth-order valence-electron chi connectivity index (χ4n) is 10.4. The molecule has 6 heteroatoms. The van der Waals surface area contributed by atoms with Crippen LogP contribution in [0.3, 0.4) is 0 Å². The largest absolute Gasteiger partial charge is 0.281 e. The molecule has 48 heavy (non-hydrogen) atoms. The van der Waals surface area contributed by atoms with Gasteiger partial charge < -0.3 is 0 Å². The molecule has 1 aromatic rings. The standard InChI is InChI=1S/2C18H33P.C5H3ClN.CO.Ru/c2*1-4-10-16(11-5-1)19(17-12-6-2-7-13-17)18-14-8-3-9-15-18;6-5-1-3-7-4-2-5;1-2;/h2*16-18H,1-15H2;1-3H;;. The Morgan fingerprint density at radius 2 is 0.708 bits per heavy atom. The SMILES string of the molecule is C1CCC(P(C2CCCCC2)C2CCCCC2)CC1.C1CCC(P(C2CCCCC2)C2CCCCC2)CC1.Clc1ccn[c]([Ru])c1.[C]=O. The molecule has 0 spiro atoms. The van der Waals surface area contributed by atoms with Gasteiger partial charge in [-0.25, -0.2) is 0 Å². The van der Waals surface area contributed by atoms with Crippen molar-refractivity contribution in [1.82, 2.24) is 4.98 Å². The van der Waals surface area contributed by atoms with Gasteiger partial charge in [-0.1, -0.05) is 131 Å². The first-order valence-corrected chi connectivity index (χ1v) is 25.0. The topological polar surface area (TPSA) is 30.0 Å². The number of rotatable bonds is 6. The van der Waals surface area contributed by atoms with Crippen molar-refractivity contribution in [3.63, 3.8) is 0 Å². The van der Waals surface area contributed by atoms with E-state index in [-0.39, 0.29) is 0 Å². The van der Waals surface area contributed by atoms with Crippen molar-refractivity contribution < 1.29 is 23.1 Å². The van der Waals surface area contributed by atoms with Gasteiger partial charge >= 0.3 is 62.5 Å². The molecule has 2 radical (unpaired) electrons. The van der Waals surface area contributed by atoms with E-state index in [0.717, 1.165) is 9.31 Å². The minimum Gasteiger partial charge on any atom is -0.281 e. The summed E-state index contributed by atoms with van der Waals surface area (Å²) in [7, 11) is 0.770. The van der Waals surface area contributed by atoms with Crippen LogP contribution in [0.5, 0.6) is 0 Å². The fourth-order valence-corrected chi connectivity index (χ4v) is 20.5. The molecule has 7 rings (SSSR count). The summed E-state index contributed by atoms with van der Waals surface area (Å²) in [6.45, 7) is 4.50. The summed E-state index contributed by atoms with van der Waals surface area (Å²) in [4.78, 5) is 11.4. The van der Waals surface area contributed by atoms with E-state index >= 15 is 0 Å². The van der Waals surface area contributed by atoms with Gasteiger partial charge in [0.2, 0.25) is 0 Å². The van der Waals surface area contributed by atoms with Crippen molar-refractivity contribution in [2.75, 3.05) is 0 Å². The average molecular weight is 802 g/mol. The molecule has 0 N–H and O–H groups in total. The summed E-state index contributed by atoms with van der Waals surface area (Å²) in [6, 6.07) is 3.54. The second-order valence-corrected chi connectivity index (χ2v) is 23.4. The molecule has 0 saturated heterocycles. The number of carbonyl (C=O) groups excluding carboxylic acids is 1. The van der Waals surface area contributed by atoms with Crippen molar-refractivity contribution in [2.24, 2.45) is 0 Å². The minimum atomic E-state index is 0.385.